The van der Waals surface area contributed by atoms with Gasteiger partial charge >= 0.3 is 12.1 Å². The average molecular weight is 477 g/mol. The molecule has 180 valence electrons. The Balaban J connectivity index is 1.21. The lowest BCUT2D eigenvalue weighted by Gasteiger charge is -2.32. The number of morpholine rings is 1. The van der Waals surface area contributed by atoms with E-state index in [1.54, 1.807) is 0 Å². The van der Waals surface area contributed by atoms with Crippen LogP contribution in [0.2, 0.25) is 0 Å². The molecule has 2 N–H and O–H groups in total. The third-order valence-corrected chi connectivity index (χ3v) is 6.29. The second-order valence-electron chi connectivity index (χ2n) is 8.28. The van der Waals surface area contributed by atoms with E-state index in [0.717, 1.165) is 28.5 Å². The van der Waals surface area contributed by atoms with Crippen LogP contribution in [0.25, 0.3) is 11.1 Å². The molecule has 1 aromatic heterocycles. The molecule has 1 aliphatic carbocycles. The molecule has 10 heteroatoms. The molecule has 0 spiro atoms. The first-order valence-electron chi connectivity index (χ1n) is 11.2. The topological polar surface area (TPSA) is 131 Å². The minimum Gasteiger partial charge on any atom is -0.480 e. The van der Waals surface area contributed by atoms with Gasteiger partial charge in [-0.3, -0.25) is 4.79 Å². The van der Waals surface area contributed by atoms with Crippen molar-refractivity contribution in [2.45, 2.75) is 18.5 Å². The number of nitrogens with zero attached hydrogens (tertiary/aromatic N) is 2. The van der Waals surface area contributed by atoms with Gasteiger partial charge in [0.05, 0.1) is 19.8 Å². The summed E-state index contributed by atoms with van der Waals surface area (Å²) in [4.78, 5) is 38.1. The molecule has 35 heavy (non-hydrogen) atoms. The van der Waals surface area contributed by atoms with Gasteiger partial charge in [0, 0.05) is 12.5 Å². The number of benzene rings is 2. The number of aromatic nitrogens is 1. The summed E-state index contributed by atoms with van der Waals surface area (Å²) in [7, 11) is 0. The molecular formula is C25H23N3O7. The van der Waals surface area contributed by atoms with Gasteiger partial charge in [0.25, 0.3) is 5.91 Å². The second-order valence-corrected chi connectivity index (χ2v) is 8.28. The summed E-state index contributed by atoms with van der Waals surface area (Å²) in [5.41, 5.74) is 4.72. The summed E-state index contributed by atoms with van der Waals surface area (Å²) in [6.07, 6.45) is 0.480. The van der Waals surface area contributed by atoms with E-state index in [9.17, 15) is 19.5 Å². The van der Waals surface area contributed by atoms with Crippen LogP contribution in [0, 0.1) is 0 Å². The normalized spacial score (nSPS) is 16.9. The highest BCUT2D eigenvalue weighted by Crippen LogP contribution is 2.44. The van der Waals surface area contributed by atoms with E-state index in [4.69, 9.17) is 14.0 Å². The van der Waals surface area contributed by atoms with Crippen molar-refractivity contribution in [3.8, 4) is 11.1 Å². The molecule has 2 heterocycles. The number of fused-ring (bicyclic) bond motifs is 3. The maximum Gasteiger partial charge on any atom is 0.407 e. The number of ether oxygens (including phenoxy) is 2. The standard InChI is InChI=1S/C25H23N3O7/c29-23(28-9-10-33-14-22(28)24(30)31)20-13-35-27-21(20)11-26-25(32)34-12-19-17-7-3-1-5-15(17)16-6-2-4-8-18(16)19/h1-8,13,19,22H,9-12,14H2,(H,26,32)(H,30,31). The highest BCUT2D eigenvalue weighted by atomic mass is 16.5. The van der Waals surface area contributed by atoms with Crippen LogP contribution >= 0.6 is 0 Å². The Hall–Kier alpha value is -4.18. The molecule has 2 aliphatic rings. The molecule has 1 atom stereocenters. The van der Waals surface area contributed by atoms with Crippen molar-refractivity contribution >= 4 is 18.0 Å². The van der Waals surface area contributed by atoms with E-state index in [2.05, 4.69) is 22.6 Å². The maximum atomic E-state index is 12.9. The lowest BCUT2D eigenvalue weighted by molar-refractivity contribution is -0.147. The molecular weight excluding hydrogens is 454 g/mol. The van der Waals surface area contributed by atoms with Gasteiger partial charge in [-0.15, -0.1) is 0 Å². The lowest BCUT2D eigenvalue weighted by Crippen LogP contribution is -2.52. The summed E-state index contributed by atoms with van der Waals surface area (Å²) in [6.45, 7) is 0.295. The van der Waals surface area contributed by atoms with Crippen LogP contribution in [0.5, 0.6) is 0 Å². The highest BCUT2D eigenvalue weighted by Gasteiger charge is 2.35. The minimum atomic E-state index is -1.16. The van der Waals surface area contributed by atoms with E-state index in [1.807, 2.05) is 36.4 Å². The number of carbonyl (C=O) groups is 3. The van der Waals surface area contributed by atoms with Crippen LogP contribution in [-0.2, 0) is 20.8 Å². The van der Waals surface area contributed by atoms with Crippen LogP contribution in [-0.4, -0.2) is 65.5 Å². The molecule has 2 amide bonds. The maximum absolute atomic E-state index is 12.9. The van der Waals surface area contributed by atoms with Gasteiger partial charge in [-0.2, -0.15) is 0 Å². The van der Waals surface area contributed by atoms with Crippen molar-refractivity contribution < 1.29 is 33.5 Å². The Kier molecular flexibility index (Phi) is 6.19. The number of carboxylic acid groups (broad SMARTS) is 1. The first kappa shape index (κ1) is 22.6. The first-order valence-corrected chi connectivity index (χ1v) is 11.2. The molecule has 1 aliphatic heterocycles. The zero-order valence-corrected chi connectivity index (χ0v) is 18.7. The Morgan fingerprint density at radius 3 is 2.46 bits per heavy atom. The lowest BCUT2D eigenvalue weighted by atomic mass is 9.98. The highest BCUT2D eigenvalue weighted by molar-refractivity contribution is 5.97. The third kappa shape index (κ3) is 4.35. The predicted molar refractivity (Wildman–Crippen MR) is 122 cm³/mol. The number of aliphatic carboxylic acids is 1. The third-order valence-electron chi connectivity index (χ3n) is 6.29. The van der Waals surface area contributed by atoms with Crippen molar-refractivity contribution in [2.75, 3.05) is 26.4 Å². The Morgan fingerprint density at radius 2 is 1.77 bits per heavy atom. The average Bonchev–Trinajstić information content (AvgIpc) is 3.48. The molecule has 1 unspecified atom stereocenters. The van der Waals surface area contributed by atoms with Gasteiger partial charge in [-0.05, 0) is 22.3 Å². The zero-order valence-electron chi connectivity index (χ0n) is 18.7. The fraction of sp³-hybridized carbons (Fsp3) is 0.280. The molecule has 1 fully saturated rings. The van der Waals surface area contributed by atoms with Crippen LogP contribution in [0.1, 0.15) is 33.1 Å². The molecule has 0 bridgehead atoms. The number of amides is 2. The van der Waals surface area contributed by atoms with Crippen LogP contribution < -0.4 is 5.32 Å². The largest absolute Gasteiger partial charge is 0.480 e. The summed E-state index contributed by atoms with van der Waals surface area (Å²) in [6, 6.07) is 15.0. The minimum absolute atomic E-state index is 0.0772. The summed E-state index contributed by atoms with van der Waals surface area (Å²) in [5.74, 6) is -1.79. The Morgan fingerprint density at radius 1 is 1.09 bits per heavy atom. The van der Waals surface area contributed by atoms with Crippen LogP contribution in [0.3, 0.4) is 0 Å². The number of nitrogens with one attached hydrogen (secondary N) is 1. The Labute approximate surface area is 200 Å². The SMILES string of the molecule is O=C(NCc1nocc1C(=O)N1CCOCC1C(=O)O)OCC1c2ccccc2-c2ccccc21. The number of carboxylic acids is 1. The van der Waals surface area contributed by atoms with Crippen molar-refractivity contribution in [3.63, 3.8) is 0 Å². The fourth-order valence-electron chi connectivity index (χ4n) is 4.57. The van der Waals surface area contributed by atoms with Gasteiger partial charge in [0.2, 0.25) is 0 Å². The predicted octanol–water partition coefficient (Wildman–Crippen LogP) is 2.64. The second kappa shape index (κ2) is 9.59. The first-order chi connectivity index (χ1) is 17.0. The van der Waals surface area contributed by atoms with Crippen molar-refractivity contribution in [1.82, 2.24) is 15.4 Å². The molecule has 0 radical (unpaired) electrons. The Bertz CT molecular complexity index is 1230. The number of hydrogen-bond acceptors (Lipinski definition) is 7. The molecule has 2 aromatic carbocycles. The van der Waals surface area contributed by atoms with Gasteiger partial charge in [0.15, 0.2) is 6.04 Å². The molecule has 10 nitrogen and oxygen atoms in total. The molecule has 5 rings (SSSR count). The van der Waals surface area contributed by atoms with Gasteiger partial charge in [-0.1, -0.05) is 53.7 Å². The molecule has 3 aromatic rings. The van der Waals surface area contributed by atoms with E-state index in [1.165, 1.54) is 4.90 Å². The van der Waals surface area contributed by atoms with E-state index in [-0.39, 0.29) is 50.1 Å². The van der Waals surface area contributed by atoms with E-state index >= 15 is 0 Å². The molecule has 0 saturated carbocycles. The van der Waals surface area contributed by atoms with Gasteiger partial charge < -0.3 is 29.3 Å². The summed E-state index contributed by atoms with van der Waals surface area (Å²) >= 11 is 0. The molecule has 1 saturated heterocycles. The number of rotatable bonds is 6. The smallest absolute Gasteiger partial charge is 0.407 e. The van der Waals surface area contributed by atoms with Gasteiger partial charge in [-0.25, -0.2) is 9.59 Å². The summed E-state index contributed by atoms with van der Waals surface area (Å²) < 4.78 is 15.6. The number of alkyl carbamates (subject to hydrolysis) is 1. The van der Waals surface area contributed by atoms with E-state index in [0.29, 0.717) is 0 Å². The van der Waals surface area contributed by atoms with Crippen LogP contribution in [0.15, 0.2) is 59.3 Å². The number of hydrogen-bond donors (Lipinski definition) is 2. The van der Waals surface area contributed by atoms with Crippen molar-refractivity contribution in [3.05, 3.63) is 77.2 Å². The van der Waals surface area contributed by atoms with Crippen LogP contribution in [0.4, 0.5) is 4.79 Å². The monoisotopic (exact) mass is 477 g/mol. The quantitative estimate of drug-likeness (QED) is 0.554. The fourth-order valence-corrected chi connectivity index (χ4v) is 4.57. The van der Waals surface area contributed by atoms with Crippen molar-refractivity contribution in [2.24, 2.45) is 0 Å². The number of carbonyl (C=O) groups excluding carboxylic acids is 2. The zero-order chi connectivity index (χ0) is 24.4. The summed E-state index contributed by atoms with van der Waals surface area (Å²) in [5, 5.41) is 15.8. The van der Waals surface area contributed by atoms with E-state index < -0.39 is 24.0 Å². The van der Waals surface area contributed by atoms with Crippen molar-refractivity contribution in [1.29, 1.82) is 0 Å². The van der Waals surface area contributed by atoms with Gasteiger partial charge in [0.1, 0.15) is 24.1 Å².